The molecule has 2 unspecified atom stereocenters. The van der Waals surface area contributed by atoms with Crippen LogP contribution in [-0.4, -0.2) is 17.1 Å². The van der Waals surface area contributed by atoms with Crippen LogP contribution in [0.1, 0.15) is 13.8 Å². The zero-order valence-corrected chi connectivity index (χ0v) is 10.9. The Morgan fingerprint density at radius 1 is 1.35 bits per heavy atom. The maximum Gasteiger partial charge on any atom is 0.308 e. The van der Waals surface area contributed by atoms with Gasteiger partial charge in [-0.1, -0.05) is 15.9 Å². The third-order valence-electron chi connectivity index (χ3n) is 2.52. The minimum Gasteiger partial charge on any atom is -0.481 e. The molecular formula is C11H12BrF2NO2. The molecule has 0 aliphatic rings. The molecule has 0 aromatic heterocycles. The molecule has 0 saturated carbocycles. The SMILES string of the molecule is CC(Nc1c(F)cc(Br)cc1F)C(C)C(=O)O. The van der Waals surface area contributed by atoms with E-state index in [1.807, 2.05) is 0 Å². The highest BCUT2D eigenvalue weighted by molar-refractivity contribution is 9.10. The second-order valence-corrected chi connectivity index (χ2v) is 4.72. The molecule has 94 valence electrons. The van der Waals surface area contributed by atoms with E-state index in [2.05, 4.69) is 21.2 Å². The Hall–Kier alpha value is -1.17. The normalized spacial score (nSPS) is 14.2. The van der Waals surface area contributed by atoms with E-state index in [1.165, 1.54) is 6.92 Å². The van der Waals surface area contributed by atoms with Gasteiger partial charge in [-0.2, -0.15) is 0 Å². The van der Waals surface area contributed by atoms with Gasteiger partial charge in [0.15, 0.2) is 0 Å². The number of rotatable bonds is 4. The average molecular weight is 308 g/mol. The number of carbonyl (C=O) groups is 1. The van der Waals surface area contributed by atoms with E-state index < -0.39 is 29.6 Å². The number of nitrogens with one attached hydrogen (secondary N) is 1. The van der Waals surface area contributed by atoms with E-state index in [0.29, 0.717) is 0 Å². The van der Waals surface area contributed by atoms with E-state index >= 15 is 0 Å². The van der Waals surface area contributed by atoms with Crippen molar-refractivity contribution in [2.24, 2.45) is 5.92 Å². The fourth-order valence-corrected chi connectivity index (χ4v) is 1.65. The van der Waals surface area contributed by atoms with Gasteiger partial charge in [0, 0.05) is 10.5 Å². The van der Waals surface area contributed by atoms with Crippen LogP contribution in [0.15, 0.2) is 16.6 Å². The first-order valence-corrected chi connectivity index (χ1v) is 5.76. The van der Waals surface area contributed by atoms with Gasteiger partial charge in [0.25, 0.3) is 0 Å². The lowest BCUT2D eigenvalue weighted by molar-refractivity contribution is -0.141. The van der Waals surface area contributed by atoms with Gasteiger partial charge in [-0.25, -0.2) is 8.78 Å². The molecule has 2 N–H and O–H groups in total. The van der Waals surface area contributed by atoms with Crippen LogP contribution in [0.5, 0.6) is 0 Å². The van der Waals surface area contributed by atoms with Crippen molar-refractivity contribution in [2.45, 2.75) is 19.9 Å². The molecule has 0 heterocycles. The number of benzene rings is 1. The topological polar surface area (TPSA) is 49.3 Å². The number of carboxylic acid groups (broad SMARTS) is 1. The van der Waals surface area contributed by atoms with Crippen molar-refractivity contribution in [1.29, 1.82) is 0 Å². The molecule has 6 heteroatoms. The fourth-order valence-electron chi connectivity index (χ4n) is 1.25. The number of anilines is 1. The van der Waals surface area contributed by atoms with Crippen LogP contribution in [0.3, 0.4) is 0 Å². The number of hydrogen-bond acceptors (Lipinski definition) is 2. The third-order valence-corrected chi connectivity index (χ3v) is 2.98. The summed E-state index contributed by atoms with van der Waals surface area (Å²) >= 11 is 2.96. The second kappa shape index (κ2) is 5.44. The minimum absolute atomic E-state index is 0.289. The average Bonchev–Trinajstić information content (AvgIpc) is 2.21. The van der Waals surface area contributed by atoms with Crippen molar-refractivity contribution < 1.29 is 18.7 Å². The zero-order valence-electron chi connectivity index (χ0n) is 9.30. The number of aliphatic carboxylic acids is 1. The van der Waals surface area contributed by atoms with Crippen LogP contribution >= 0.6 is 15.9 Å². The first kappa shape index (κ1) is 13.9. The molecule has 2 atom stereocenters. The second-order valence-electron chi connectivity index (χ2n) is 3.80. The highest BCUT2D eigenvalue weighted by Crippen LogP contribution is 2.25. The first-order valence-electron chi connectivity index (χ1n) is 4.96. The van der Waals surface area contributed by atoms with Crippen molar-refractivity contribution in [3.63, 3.8) is 0 Å². The Kier molecular flexibility index (Phi) is 4.45. The Balaban J connectivity index is 2.92. The van der Waals surface area contributed by atoms with Gasteiger partial charge in [-0.3, -0.25) is 4.79 Å². The monoisotopic (exact) mass is 307 g/mol. The molecule has 0 radical (unpaired) electrons. The van der Waals surface area contributed by atoms with Crippen LogP contribution in [-0.2, 0) is 4.79 Å². The van der Waals surface area contributed by atoms with Crippen molar-refractivity contribution in [3.8, 4) is 0 Å². The van der Waals surface area contributed by atoms with Crippen LogP contribution in [0.4, 0.5) is 14.5 Å². The van der Waals surface area contributed by atoms with Crippen molar-refractivity contribution in [3.05, 3.63) is 28.2 Å². The summed E-state index contributed by atoms with van der Waals surface area (Å²) in [7, 11) is 0. The van der Waals surface area contributed by atoms with Crippen LogP contribution < -0.4 is 5.32 Å². The van der Waals surface area contributed by atoms with E-state index in [-0.39, 0.29) is 10.2 Å². The van der Waals surface area contributed by atoms with Gasteiger partial charge in [-0.05, 0) is 26.0 Å². The van der Waals surface area contributed by atoms with Crippen molar-refractivity contribution in [1.82, 2.24) is 0 Å². The summed E-state index contributed by atoms with van der Waals surface area (Å²) in [6, 6.07) is 1.64. The van der Waals surface area contributed by atoms with Crippen molar-refractivity contribution in [2.75, 3.05) is 5.32 Å². The molecule has 0 bridgehead atoms. The summed E-state index contributed by atoms with van der Waals surface area (Å²) in [4.78, 5) is 10.7. The Morgan fingerprint density at radius 3 is 2.24 bits per heavy atom. The molecule has 3 nitrogen and oxygen atoms in total. The highest BCUT2D eigenvalue weighted by atomic mass is 79.9. The number of hydrogen-bond donors (Lipinski definition) is 2. The maximum atomic E-state index is 13.5. The van der Waals surface area contributed by atoms with E-state index in [0.717, 1.165) is 12.1 Å². The number of carboxylic acids is 1. The Morgan fingerprint density at radius 2 is 1.82 bits per heavy atom. The minimum atomic E-state index is -1.03. The van der Waals surface area contributed by atoms with Gasteiger partial charge >= 0.3 is 5.97 Å². The molecule has 0 fully saturated rings. The van der Waals surface area contributed by atoms with Crippen LogP contribution in [0.2, 0.25) is 0 Å². The van der Waals surface area contributed by atoms with Crippen molar-refractivity contribution >= 4 is 27.6 Å². The lowest BCUT2D eigenvalue weighted by Gasteiger charge is -2.19. The summed E-state index contributed by atoms with van der Waals surface area (Å²) in [6.07, 6.45) is 0. The maximum absolute atomic E-state index is 13.5. The van der Waals surface area contributed by atoms with E-state index in [1.54, 1.807) is 6.92 Å². The fraction of sp³-hybridized carbons (Fsp3) is 0.364. The Labute approximate surface area is 106 Å². The first-order chi connectivity index (χ1) is 7.82. The molecule has 0 saturated heterocycles. The zero-order chi connectivity index (χ0) is 13.2. The number of halogens is 3. The van der Waals surface area contributed by atoms with E-state index in [9.17, 15) is 13.6 Å². The molecular weight excluding hydrogens is 296 g/mol. The van der Waals surface area contributed by atoms with Gasteiger partial charge in [0.1, 0.15) is 17.3 Å². The van der Waals surface area contributed by atoms with Gasteiger partial charge in [0.2, 0.25) is 0 Å². The van der Waals surface area contributed by atoms with Crippen LogP contribution in [0.25, 0.3) is 0 Å². The quantitative estimate of drug-likeness (QED) is 0.897. The van der Waals surface area contributed by atoms with Gasteiger partial charge in [-0.15, -0.1) is 0 Å². The van der Waals surface area contributed by atoms with Gasteiger partial charge < -0.3 is 10.4 Å². The summed E-state index contributed by atoms with van der Waals surface area (Å²) in [6.45, 7) is 3.02. The molecule has 0 amide bonds. The predicted octanol–water partition coefficient (Wildman–Crippen LogP) is 3.25. The van der Waals surface area contributed by atoms with Crippen LogP contribution in [0, 0.1) is 17.6 Å². The molecule has 1 rings (SSSR count). The molecule has 17 heavy (non-hydrogen) atoms. The third kappa shape index (κ3) is 3.39. The lowest BCUT2D eigenvalue weighted by atomic mass is 10.0. The molecule has 0 aliphatic carbocycles. The molecule has 0 spiro atoms. The molecule has 1 aromatic rings. The Bertz CT molecular complexity index is 416. The highest BCUT2D eigenvalue weighted by Gasteiger charge is 2.21. The summed E-state index contributed by atoms with van der Waals surface area (Å²) in [5.41, 5.74) is -0.311. The largest absolute Gasteiger partial charge is 0.481 e. The lowest BCUT2D eigenvalue weighted by Crippen LogP contribution is -2.30. The predicted molar refractivity (Wildman–Crippen MR) is 63.9 cm³/mol. The summed E-state index contributed by atoms with van der Waals surface area (Å²) in [5.74, 6) is -3.30. The molecule has 0 aliphatic heterocycles. The summed E-state index contributed by atoms with van der Waals surface area (Å²) in [5, 5.41) is 11.3. The summed E-state index contributed by atoms with van der Waals surface area (Å²) < 4.78 is 27.2. The smallest absolute Gasteiger partial charge is 0.308 e. The van der Waals surface area contributed by atoms with Gasteiger partial charge in [0.05, 0.1) is 5.92 Å². The van der Waals surface area contributed by atoms with E-state index in [4.69, 9.17) is 5.11 Å². The standard InChI is InChI=1S/C11H12BrF2NO2/c1-5(11(16)17)6(2)15-10-8(13)3-7(12)4-9(10)14/h3-6,15H,1-2H3,(H,16,17). The molecule has 1 aromatic carbocycles.